The zero-order chi connectivity index (χ0) is 24.4. The van der Waals surface area contributed by atoms with Crippen molar-refractivity contribution in [3.63, 3.8) is 0 Å². The van der Waals surface area contributed by atoms with Gasteiger partial charge < -0.3 is 19.9 Å². The van der Waals surface area contributed by atoms with Crippen LogP contribution in [0.4, 0.5) is 0 Å². The van der Waals surface area contributed by atoms with Crippen LogP contribution in [0.3, 0.4) is 0 Å². The number of carbonyl (C=O) groups excluding carboxylic acids is 2. The molecule has 34 heavy (non-hydrogen) atoms. The van der Waals surface area contributed by atoms with Gasteiger partial charge in [-0.05, 0) is 55.3 Å². The lowest BCUT2D eigenvalue weighted by Crippen LogP contribution is -2.36. The molecule has 2 atom stereocenters. The lowest BCUT2D eigenvalue weighted by atomic mass is 9.72. The van der Waals surface area contributed by atoms with Gasteiger partial charge in [0, 0.05) is 40.1 Å². The van der Waals surface area contributed by atoms with Crippen molar-refractivity contribution in [2.45, 2.75) is 52.4 Å². The number of dihydropyridines is 1. The summed E-state index contributed by atoms with van der Waals surface area (Å²) in [5.41, 5.74) is 3.28. The Bertz CT molecular complexity index is 1150. The number of Topliss-reactive ketones (excluding diaryl/α,β-unsaturated/α-hetero) is 1. The first-order valence-corrected chi connectivity index (χ1v) is 12.6. The summed E-state index contributed by atoms with van der Waals surface area (Å²) in [7, 11) is 0. The molecular formula is C27H31NO5S. The Hall–Kier alpha value is -3.06. The van der Waals surface area contributed by atoms with E-state index in [-0.39, 0.29) is 23.4 Å². The first-order valence-electron chi connectivity index (χ1n) is 11.7. The van der Waals surface area contributed by atoms with Gasteiger partial charge >= 0.3 is 5.97 Å². The van der Waals surface area contributed by atoms with Crippen molar-refractivity contribution in [3.8, 4) is 11.5 Å². The van der Waals surface area contributed by atoms with E-state index in [1.54, 1.807) is 29.5 Å². The van der Waals surface area contributed by atoms with E-state index in [9.17, 15) is 14.7 Å². The number of hydrogen-bond donors (Lipinski definition) is 2. The molecule has 0 fully saturated rings. The zero-order valence-electron chi connectivity index (χ0n) is 20.0. The van der Waals surface area contributed by atoms with Crippen LogP contribution in [0, 0.1) is 5.92 Å². The summed E-state index contributed by atoms with van der Waals surface area (Å²) < 4.78 is 11.2. The predicted molar refractivity (Wildman–Crippen MR) is 132 cm³/mol. The lowest BCUT2D eigenvalue weighted by Gasteiger charge is -2.36. The lowest BCUT2D eigenvalue weighted by molar-refractivity contribution is -0.140. The topological polar surface area (TPSA) is 84.9 Å². The highest BCUT2D eigenvalue weighted by molar-refractivity contribution is 7.10. The maximum atomic E-state index is 13.6. The third-order valence-electron chi connectivity index (χ3n) is 6.16. The number of ketones is 1. The molecule has 0 amide bonds. The van der Waals surface area contributed by atoms with Crippen molar-refractivity contribution in [1.82, 2.24) is 5.32 Å². The van der Waals surface area contributed by atoms with Crippen molar-refractivity contribution in [3.05, 3.63) is 68.7 Å². The SMILES string of the molecule is CCOc1cc([C@@H]2C(C(=O)OCC(C)C)=C(C)NC3=C2C(=O)C[C@H](c2cccs2)C3)ccc1O. The van der Waals surface area contributed by atoms with Crippen LogP contribution < -0.4 is 10.1 Å². The summed E-state index contributed by atoms with van der Waals surface area (Å²) >= 11 is 1.66. The fraction of sp³-hybridized carbons (Fsp3) is 0.407. The molecule has 2 heterocycles. The van der Waals surface area contributed by atoms with Crippen LogP contribution in [-0.4, -0.2) is 30.1 Å². The largest absolute Gasteiger partial charge is 0.504 e. The number of phenols is 1. The maximum Gasteiger partial charge on any atom is 0.336 e. The van der Waals surface area contributed by atoms with E-state index in [2.05, 4.69) is 11.4 Å². The van der Waals surface area contributed by atoms with E-state index >= 15 is 0 Å². The third-order valence-corrected chi connectivity index (χ3v) is 7.19. The average Bonchev–Trinajstić information content (AvgIpc) is 3.33. The number of allylic oxidation sites excluding steroid dienone is 3. The number of aromatic hydroxyl groups is 1. The van der Waals surface area contributed by atoms with Gasteiger partial charge in [-0.25, -0.2) is 4.79 Å². The van der Waals surface area contributed by atoms with Gasteiger partial charge in [-0.2, -0.15) is 0 Å². The molecule has 4 rings (SSSR count). The van der Waals surface area contributed by atoms with Crippen molar-refractivity contribution >= 4 is 23.1 Å². The second kappa shape index (κ2) is 10.1. The Morgan fingerprint density at radius 2 is 2.06 bits per heavy atom. The molecule has 1 aromatic heterocycles. The molecule has 0 radical (unpaired) electrons. The Morgan fingerprint density at radius 1 is 1.26 bits per heavy atom. The van der Waals surface area contributed by atoms with Gasteiger partial charge in [0.1, 0.15) is 0 Å². The van der Waals surface area contributed by atoms with Crippen molar-refractivity contribution in [2.75, 3.05) is 13.2 Å². The molecule has 2 aliphatic rings. The van der Waals surface area contributed by atoms with E-state index in [0.717, 1.165) is 5.70 Å². The van der Waals surface area contributed by atoms with Crippen molar-refractivity contribution < 1.29 is 24.2 Å². The number of ether oxygens (including phenoxy) is 2. The number of carbonyl (C=O) groups is 2. The minimum atomic E-state index is -0.590. The van der Waals surface area contributed by atoms with Crippen LogP contribution in [0.2, 0.25) is 0 Å². The predicted octanol–water partition coefficient (Wildman–Crippen LogP) is 5.41. The van der Waals surface area contributed by atoms with Gasteiger partial charge in [0.2, 0.25) is 0 Å². The molecule has 0 saturated carbocycles. The fourth-order valence-corrected chi connectivity index (χ4v) is 5.50. The minimum Gasteiger partial charge on any atom is -0.504 e. The summed E-state index contributed by atoms with van der Waals surface area (Å²) in [6.07, 6.45) is 1.08. The fourth-order valence-electron chi connectivity index (χ4n) is 4.67. The van der Waals surface area contributed by atoms with E-state index in [0.29, 0.717) is 54.2 Å². The Kier molecular flexibility index (Phi) is 7.12. The van der Waals surface area contributed by atoms with Crippen LogP contribution in [0.1, 0.15) is 62.8 Å². The van der Waals surface area contributed by atoms with Gasteiger partial charge in [0.25, 0.3) is 0 Å². The van der Waals surface area contributed by atoms with E-state index in [1.165, 1.54) is 4.88 Å². The molecule has 180 valence electrons. The van der Waals surface area contributed by atoms with Crippen LogP contribution in [0.25, 0.3) is 0 Å². The number of hydrogen-bond acceptors (Lipinski definition) is 7. The number of rotatable bonds is 7. The summed E-state index contributed by atoms with van der Waals surface area (Å²) in [5, 5.41) is 15.6. The number of nitrogens with one attached hydrogen (secondary N) is 1. The minimum absolute atomic E-state index is 0.0184. The van der Waals surface area contributed by atoms with Crippen LogP contribution in [0.15, 0.2) is 58.3 Å². The van der Waals surface area contributed by atoms with Crippen molar-refractivity contribution in [1.29, 1.82) is 0 Å². The summed E-state index contributed by atoms with van der Waals surface area (Å²) in [4.78, 5) is 28.0. The summed E-state index contributed by atoms with van der Waals surface area (Å²) in [6, 6.07) is 9.10. The molecule has 0 saturated heterocycles. The van der Waals surface area contributed by atoms with Gasteiger partial charge in [0.05, 0.1) is 18.8 Å². The van der Waals surface area contributed by atoms with E-state index < -0.39 is 11.9 Å². The number of benzene rings is 1. The zero-order valence-corrected chi connectivity index (χ0v) is 20.8. The second-order valence-corrected chi connectivity index (χ2v) is 10.2. The molecule has 0 unspecified atom stereocenters. The van der Waals surface area contributed by atoms with Crippen LogP contribution in [-0.2, 0) is 14.3 Å². The second-order valence-electron chi connectivity index (χ2n) is 9.19. The first kappa shape index (κ1) is 24.1. The standard InChI is InChI=1S/C27H31NO5S/c1-5-32-22-13-17(8-9-20(22)29)25-24(27(31)33-14-15(2)3)16(4)28-19-11-18(12-21(30)26(19)25)23-7-6-10-34-23/h6-10,13,15,18,25,28-29H,5,11-12,14H2,1-4H3/t18-,25-/m1/s1. The third kappa shape index (κ3) is 4.75. The van der Waals surface area contributed by atoms with Crippen LogP contribution >= 0.6 is 11.3 Å². The van der Waals surface area contributed by atoms with Gasteiger partial charge in [-0.1, -0.05) is 26.0 Å². The van der Waals surface area contributed by atoms with Crippen LogP contribution in [0.5, 0.6) is 11.5 Å². The molecule has 7 heteroatoms. The van der Waals surface area contributed by atoms with Gasteiger partial charge in [-0.15, -0.1) is 11.3 Å². The number of esters is 1. The number of phenolic OH excluding ortho intramolecular Hbond substituents is 1. The smallest absolute Gasteiger partial charge is 0.336 e. The maximum absolute atomic E-state index is 13.6. The summed E-state index contributed by atoms with van der Waals surface area (Å²) in [6.45, 7) is 8.33. The summed E-state index contributed by atoms with van der Waals surface area (Å²) in [5.74, 6) is -0.359. The highest BCUT2D eigenvalue weighted by atomic mass is 32.1. The van der Waals surface area contributed by atoms with Gasteiger partial charge in [-0.3, -0.25) is 4.79 Å². The molecule has 1 aliphatic heterocycles. The van der Waals surface area contributed by atoms with E-state index in [1.807, 2.05) is 39.1 Å². The molecule has 2 N–H and O–H groups in total. The molecular weight excluding hydrogens is 450 g/mol. The normalized spacial score (nSPS) is 20.3. The Morgan fingerprint density at radius 3 is 2.74 bits per heavy atom. The Balaban J connectivity index is 1.80. The highest BCUT2D eigenvalue weighted by Crippen LogP contribution is 2.47. The molecule has 6 nitrogen and oxygen atoms in total. The molecule has 0 bridgehead atoms. The molecule has 1 aliphatic carbocycles. The average molecular weight is 482 g/mol. The van der Waals surface area contributed by atoms with Crippen molar-refractivity contribution in [2.24, 2.45) is 5.92 Å². The monoisotopic (exact) mass is 481 g/mol. The molecule has 1 aromatic carbocycles. The Labute approximate surface area is 204 Å². The highest BCUT2D eigenvalue weighted by Gasteiger charge is 2.41. The van der Waals surface area contributed by atoms with Gasteiger partial charge in [0.15, 0.2) is 17.3 Å². The first-order chi connectivity index (χ1) is 16.3. The quantitative estimate of drug-likeness (QED) is 0.514. The molecule has 2 aromatic rings. The van der Waals surface area contributed by atoms with E-state index in [4.69, 9.17) is 9.47 Å². The number of thiophene rings is 1. The molecule has 0 spiro atoms.